The lowest BCUT2D eigenvalue weighted by Crippen LogP contribution is -2.51. The second kappa shape index (κ2) is 7.08. The molecule has 1 aliphatic heterocycles. The van der Waals surface area contributed by atoms with Crippen LogP contribution in [0.2, 0.25) is 5.15 Å². The number of β-amino-alcohol motifs (C(OH)–C–C–N with tert-alkyl or cyclic N) is 1. The van der Waals surface area contributed by atoms with E-state index in [1.54, 1.807) is 10.7 Å². The highest BCUT2D eigenvalue weighted by Crippen LogP contribution is 2.46. The van der Waals surface area contributed by atoms with Crippen molar-refractivity contribution in [1.29, 1.82) is 0 Å². The molecule has 2 N–H and O–H groups in total. The van der Waals surface area contributed by atoms with Crippen LogP contribution < -0.4 is 5.32 Å². The second-order valence-corrected chi connectivity index (χ2v) is 10.2. The predicted molar refractivity (Wildman–Crippen MR) is 106 cm³/mol. The van der Waals surface area contributed by atoms with Gasteiger partial charge in [-0.25, -0.2) is 22.9 Å². The molecule has 1 aliphatic carbocycles. The van der Waals surface area contributed by atoms with E-state index >= 15 is 0 Å². The number of nitrogens with zero attached hydrogens (tertiary/aromatic N) is 5. The number of aromatic nitrogens is 4. The minimum absolute atomic E-state index is 0.00200. The van der Waals surface area contributed by atoms with Gasteiger partial charge in [-0.3, -0.25) is 0 Å². The van der Waals surface area contributed by atoms with Crippen LogP contribution in [0.25, 0.3) is 5.52 Å². The number of aliphatic hydroxyl groups is 1. The number of fused-ring (bicyclic) bond motifs is 1. The Labute approximate surface area is 169 Å². The summed E-state index contributed by atoms with van der Waals surface area (Å²) in [6, 6.07) is -0.332. The summed E-state index contributed by atoms with van der Waals surface area (Å²) in [5.41, 5.74) is 0.663. The van der Waals surface area contributed by atoms with Crippen molar-refractivity contribution in [1.82, 2.24) is 23.9 Å². The van der Waals surface area contributed by atoms with E-state index in [0.29, 0.717) is 29.6 Å². The molecule has 2 aromatic heterocycles. The van der Waals surface area contributed by atoms with Crippen LogP contribution in [-0.2, 0) is 15.4 Å². The number of piperidine rings is 1. The summed E-state index contributed by atoms with van der Waals surface area (Å²) in [6.07, 6.45) is 6.67. The smallest absolute Gasteiger partial charge is 0.241 e. The Hall–Kier alpha value is -1.49. The lowest BCUT2D eigenvalue weighted by atomic mass is 9.66. The lowest BCUT2D eigenvalue weighted by Gasteiger charge is -2.39. The fourth-order valence-electron chi connectivity index (χ4n) is 4.14. The van der Waals surface area contributed by atoms with Gasteiger partial charge in [-0.05, 0) is 25.7 Å². The van der Waals surface area contributed by atoms with Crippen LogP contribution in [-0.4, -0.2) is 68.9 Å². The Morgan fingerprint density at radius 2 is 2.18 bits per heavy atom. The minimum Gasteiger partial charge on any atom is -0.390 e. The van der Waals surface area contributed by atoms with Crippen LogP contribution >= 0.6 is 11.6 Å². The maximum Gasteiger partial charge on any atom is 0.241 e. The van der Waals surface area contributed by atoms with Gasteiger partial charge in [0.15, 0.2) is 5.15 Å². The molecule has 11 heteroatoms. The van der Waals surface area contributed by atoms with Crippen molar-refractivity contribution in [2.45, 2.75) is 56.6 Å². The van der Waals surface area contributed by atoms with E-state index in [-0.39, 0.29) is 18.0 Å². The Kier molecular flexibility index (Phi) is 5.01. The summed E-state index contributed by atoms with van der Waals surface area (Å²) in [5, 5.41) is 18.5. The first kappa shape index (κ1) is 19.8. The molecule has 154 valence electrons. The minimum atomic E-state index is -3.32. The summed E-state index contributed by atoms with van der Waals surface area (Å²) in [5.74, 6) is 1.23. The van der Waals surface area contributed by atoms with Crippen molar-refractivity contribution >= 4 is 33.1 Å². The zero-order valence-corrected chi connectivity index (χ0v) is 17.5. The number of anilines is 1. The van der Waals surface area contributed by atoms with Gasteiger partial charge >= 0.3 is 0 Å². The van der Waals surface area contributed by atoms with E-state index < -0.39 is 16.1 Å². The number of aliphatic hydroxyl groups excluding tert-OH is 1. The summed E-state index contributed by atoms with van der Waals surface area (Å²) < 4.78 is 26.4. The molecule has 0 radical (unpaired) electrons. The number of rotatable bonds is 5. The van der Waals surface area contributed by atoms with Crippen molar-refractivity contribution in [3.63, 3.8) is 0 Å². The molecule has 2 aromatic rings. The third kappa shape index (κ3) is 3.36. The molecular weight excluding hydrogens is 404 g/mol. The number of sulfonamides is 1. The molecule has 0 bridgehead atoms. The Balaban J connectivity index is 1.59. The first-order valence-corrected chi connectivity index (χ1v) is 11.8. The standard InChI is InChI=1S/C17H25ClN6O3S/c1-3-17(6-4-7-17)15-21-14(18)12-9-19-16(22-24(12)15)20-11-5-8-23(10-13(11)25)28(2,26)27/h9,11,13,25H,3-8,10H2,1-2H3,(H,20,22)/t11-,13-/m1/s1. The molecule has 0 spiro atoms. The van der Waals surface area contributed by atoms with Crippen molar-refractivity contribution < 1.29 is 13.5 Å². The first-order chi connectivity index (χ1) is 13.2. The van der Waals surface area contributed by atoms with E-state index in [2.05, 4.69) is 27.3 Å². The monoisotopic (exact) mass is 428 g/mol. The van der Waals surface area contributed by atoms with Crippen LogP contribution in [0.3, 0.4) is 0 Å². The van der Waals surface area contributed by atoms with Gasteiger partial charge in [0, 0.05) is 18.5 Å². The molecule has 1 saturated heterocycles. The van der Waals surface area contributed by atoms with Crippen molar-refractivity contribution in [3.8, 4) is 0 Å². The highest BCUT2D eigenvalue weighted by molar-refractivity contribution is 7.88. The van der Waals surface area contributed by atoms with Gasteiger partial charge in [-0.15, -0.1) is 5.10 Å². The van der Waals surface area contributed by atoms with E-state index in [0.717, 1.165) is 31.3 Å². The lowest BCUT2D eigenvalue weighted by molar-refractivity contribution is 0.0950. The van der Waals surface area contributed by atoms with Crippen molar-refractivity contribution in [2.75, 3.05) is 24.7 Å². The third-order valence-corrected chi connectivity index (χ3v) is 7.69. The SMILES string of the molecule is CCC1(c2nc(Cl)c3cnc(N[C@@H]4CCN(S(C)(=O)=O)C[C@H]4O)nn23)CCC1. The molecule has 28 heavy (non-hydrogen) atoms. The normalized spacial score (nSPS) is 25.6. The summed E-state index contributed by atoms with van der Waals surface area (Å²) in [4.78, 5) is 8.89. The summed E-state index contributed by atoms with van der Waals surface area (Å²) in [7, 11) is -3.32. The quantitative estimate of drug-likeness (QED) is 0.740. The van der Waals surface area contributed by atoms with Crippen molar-refractivity contribution in [2.24, 2.45) is 0 Å². The van der Waals surface area contributed by atoms with Gasteiger partial charge < -0.3 is 10.4 Å². The van der Waals surface area contributed by atoms with Gasteiger partial charge in [0.05, 0.1) is 24.6 Å². The molecule has 0 amide bonds. The molecular formula is C17H25ClN6O3S. The highest BCUT2D eigenvalue weighted by atomic mass is 35.5. The summed E-state index contributed by atoms with van der Waals surface area (Å²) >= 11 is 6.31. The number of hydrogen-bond donors (Lipinski definition) is 2. The average molecular weight is 429 g/mol. The van der Waals surface area contributed by atoms with Crippen LogP contribution in [0.4, 0.5) is 5.95 Å². The molecule has 2 atom stereocenters. The molecule has 2 aliphatic rings. The molecule has 1 saturated carbocycles. The average Bonchev–Trinajstić information content (AvgIpc) is 2.92. The molecule has 0 unspecified atom stereocenters. The Morgan fingerprint density at radius 3 is 2.75 bits per heavy atom. The Bertz CT molecular complexity index is 985. The van der Waals surface area contributed by atoms with Crippen molar-refractivity contribution in [3.05, 3.63) is 17.2 Å². The zero-order chi connectivity index (χ0) is 20.1. The molecule has 4 rings (SSSR count). The fraction of sp³-hybridized carbons (Fsp3) is 0.706. The van der Waals surface area contributed by atoms with E-state index in [9.17, 15) is 13.5 Å². The third-order valence-electron chi connectivity index (χ3n) is 6.14. The maximum atomic E-state index is 11.7. The molecule has 3 heterocycles. The van der Waals surface area contributed by atoms with Crippen LogP contribution in [0.1, 0.15) is 44.9 Å². The summed E-state index contributed by atoms with van der Waals surface area (Å²) in [6.45, 7) is 2.55. The topological polar surface area (TPSA) is 113 Å². The highest BCUT2D eigenvalue weighted by Gasteiger charge is 2.41. The molecule has 2 fully saturated rings. The fourth-order valence-corrected chi connectivity index (χ4v) is 5.21. The van der Waals surface area contributed by atoms with Crippen LogP contribution in [0, 0.1) is 0 Å². The van der Waals surface area contributed by atoms with Crippen LogP contribution in [0.15, 0.2) is 6.20 Å². The first-order valence-electron chi connectivity index (χ1n) is 9.55. The second-order valence-electron chi connectivity index (χ2n) is 7.82. The largest absolute Gasteiger partial charge is 0.390 e. The van der Waals surface area contributed by atoms with E-state index in [1.165, 1.54) is 10.7 Å². The van der Waals surface area contributed by atoms with E-state index in [1.807, 2.05) is 0 Å². The Morgan fingerprint density at radius 1 is 1.43 bits per heavy atom. The zero-order valence-electron chi connectivity index (χ0n) is 16.0. The van der Waals surface area contributed by atoms with Gasteiger partial charge in [0.1, 0.15) is 11.3 Å². The van der Waals surface area contributed by atoms with Gasteiger partial charge in [-0.2, -0.15) is 4.31 Å². The maximum absolute atomic E-state index is 11.7. The number of nitrogens with one attached hydrogen (secondary N) is 1. The van der Waals surface area contributed by atoms with Gasteiger partial charge in [0.2, 0.25) is 16.0 Å². The van der Waals surface area contributed by atoms with Gasteiger partial charge in [0.25, 0.3) is 0 Å². The van der Waals surface area contributed by atoms with E-state index in [4.69, 9.17) is 11.6 Å². The molecule has 0 aromatic carbocycles. The number of hydrogen-bond acceptors (Lipinski definition) is 7. The molecule has 9 nitrogen and oxygen atoms in total. The van der Waals surface area contributed by atoms with Crippen LogP contribution in [0.5, 0.6) is 0 Å². The number of halogens is 1. The van der Waals surface area contributed by atoms with Gasteiger partial charge in [-0.1, -0.05) is 24.9 Å². The number of imidazole rings is 1. The predicted octanol–water partition coefficient (Wildman–Crippen LogP) is 1.42.